The number of halogens is 1. The maximum Gasteiger partial charge on any atom is 0.307 e. The van der Waals surface area contributed by atoms with E-state index >= 15 is 0 Å². The number of carbonyl (C=O) groups is 2. The van der Waals surface area contributed by atoms with E-state index in [0.717, 1.165) is 11.3 Å². The molecule has 3 aliphatic rings. The topological polar surface area (TPSA) is 95.0 Å². The number of aliphatic carboxylic acids is 1. The smallest absolute Gasteiger partial charge is 0.307 e. The van der Waals surface area contributed by atoms with Crippen molar-refractivity contribution in [2.45, 2.75) is 10.6 Å². The molecule has 2 aliphatic carbocycles. The Labute approximate surface area is 166 Å². The molecule has 146 valence electrons. The Bertz CT molecular complexity index is 904. The van der Waals surface area contributed by atoms with Gasteiger partial charge in [0.1, 0.15) is 4.21 Å². The van der Waals surface area contributed by atoms with Crippen molar-refractivity contribution >= 4 is 44.8 Å². The van der Waals surface area contributed by atoms with Gasteiger partial charge in [-0.15, -0.1) is 11.3 Å². The first-order valence-corrected chi connectivity index (χ1v) is 11.4. The quantitative estimate of drug-likeness (QED) is 0.734. The highest BCUT2D eigenvalue weighted by atomic mass is 35.5. The minimum Gasteiger partial charge on any atom is -0.481 e. The third kappa shape index (κ3) is 3.20. The number of thiophene rings is 1. The Kier molecular flexibility index (Phi) is 4.82. The first-order chi connectivity index (χ1) is 12.8. The van der Waals surface area contributed by atoms with Crippen molar-refractivity contribution in [3.8, 4) is 0 Å². The number of rotatable bonds is 4. The van der Waals surface area contributed by atoms with Crippen LogP contribution in [0.4, 0.5) is 0 Å². The molecule has 1 aromatic heterocycles. The van der Waals surface area contributed by atoms with Crippen LogP contribution in [0.1, 0.15) is 6.42 Å². The van der Waals surface area contributed by atoms with Crippen molar-refractivity contribution in [1.29, 1.82) is 0 Å². The molecule has 27 heavy (non-hydrogen) atoms. The average Bonchev–Trinajstić information content (AvgIpc) is 3.36. The Balaban J connectivity index is 1.44. The number of carboxylic acid groups (broad SMARTS) is 1. The molecule has 0 radical (unpaired) electrons. The molecule has 7 nitrogen and oxygen atoms in total. The van der Waals surface area contributed by atoms with Gasteiger partial charge in [-0.3, -0.25) is 9.59 Å². The molecule has 1 saturated carbocycles. The lowest BCUT2D eigenvalue weighted by Gasteiger charge is -2.37. The van der Waals surface area contributed by atoms with Crippen LogP contribution in [0.5, 0.6) is 0 Å². The standard InChI is InChI=1S/C17H19ClN2O5S2/c18-12-3-4-13(26-12)27(24,25)20-7-5-19(6-8-20)16(21)14-10-1-2-11(9-10)15(14)17(22)23/h1-4,10-11,14-15H,5-9H2,(H,22,23)/t10-,11+,14-,15-/m0/s1. The molecule has 1 amide bonds. The predicted molar refractivity (Wildman–Crippen MR) is 100 cm³/mol. The molecule has 2 fully saturated rings. The van der Waals surface area contributed by atoms with Crippen molar-refractivity contribution in [3.05, 3.63) is 28.6 Å². The minimum atomic E-state index is -3.62. The largest absolute Gasteiger partial charge is 0.481 e. The first kappa shape index (κ1) is 18.9. The number of carbonyl (C=O) groups excluding carboxylic acids is 1. The fourth-order valence-electron chi connectivity index (χ4n) is 4.42. The first-order valence-electron chi connectivity index (χ1n) is 8.74. The number of hydrogen-bond acceptors (Lipinski definition) is 5. The van der Waals surface area contributed by atoms with Crippen molar-refractivity contribution in [2.24, 2.45) is 23.7 Å². The molecule has 2 bridgehead atoms. The van der Waals surface area contributed by atoms with E-state index in [1.807, 2.05) is 12.2 Å². The van der Waals surface area contributed by atoms with Crippen molar-refractivity contribution in [1.82, 2.24) is 9.21 Å². The second-order valence-corrected chi connectivity index (χ2v) is 11.0. The number of amides is 1. The van der Waals surface area contributed by atoms with E-state index in [0.29, 0.717) is 10.8 Å². The highest BCUT2D eigenvalue weighted by Crippen LogP contribution is 2.48. The molecule has 10 heteroatoms. The number of hydrogen-bond donors (Lipinski definition) is 1. The number of nitrogens with zero attached hydrogens (tertiary/aromatic N) is 2. The van der Waals surface area contributed by atoms with Gasteiger partial charge < -0.3 is 10.0 Å². The van der Waals surface area contributed by atoms with E-state index in [4.69, 9.17) is 11.6 Å². The molecule has 1 aromatic rings. The lowest BCUT2D eigenvalue weighted by molar-refractivity contribution is -0.151. The molecule has 1 N–H and O–H groups in total. The molecule has 1 saturated heterocycles. The Hall–Kier alpha value is -1.42. The molecular formula is C17H19ClN2O5S2. The summed E-state index contributed by atoms with van der Waals surface area (Å²) in [5, 5.41) is 9.53. The molecule has 0 unspecified atom stereocenters. The summed E-state index contributed by atoms with van der Waals surface area (Å²) in [7, 11) is -3.62. The Morgan fingerprint density at radius 3 is 2.26 bits per heavy atom. The summed E-state index contributed by atoms with van der Waals surface area (Å²) in [6, 6.07) is 3.03. The van der Waals surface area contributed by atoms with E-state index < -0.39 is 27.8 Å². The highest BCUT2D eigenvalue weighted by Gasteiger charge is 2.52. The van der Waals surface area contributed by atoms with Gasteiger partial charge in [0.25, 0.3) is 10.0 Å². The van der Waals surface area contributed by atoms with Crippen LogP contribution < -0.4 is 0 Å². The van der Waals surface area contributed by atoms with Gasteiger partial charge in [-0.05, 0) is 30.4 Å². The lowest BCUT2D eigenvalue weighted by atomic mass is 9.82. The summed E-state index contributed by atoms with van der Waals surface area (Å²) in [4.78, 5) is 26.2. The van der Waals surface area contributed by atoms with E-state index in [1.165, 1.54) is 10.4 Å². The second kappa shape index (κ2) is 6.88. The van der Waals surface area contributed by atoms with Crippen LogP contribution in [0.15, 0.2) is 28.5 Å². The van der Waals surface area contributed by atoms with Gasteiger partial charge in [-0.2, -0.15) is 4.31 Å². The van der Waals surface area contributed by atoms with Gasteiger partial charge in [0.15, 0.2) is 0 Å². The number of piperazine rings is 1. The lowest BCUT2D eigenvalue weighted by Crippen LogP contribution is -2.53. The third-order valence-corrected chi connectivity index (χ3v) is 9.32. The van der Waals surface area contributed by atoms with Gasteiger partial charge >= 0.3 is 5.97 Å². The SMILES string of the molecule is O=C(O)[C@@H]1[C@@H](C(=O)N2CCN(S(=O)(=O)c3ccc(Cl)s3)CC2)[C@H]2C=C[C@@H]1C2. The zero-order valence-electron chi connectivity index (χ0n) is 14.3. The summed E-state index contributed by atoms with van der Waals surface area (Å²) in [5.74, 6) is -2.43. The molecule has 1 aliphatic heterocycles. The third-order valence-electron chi connectivity index (χ3n) is 5.72. The maximum atomic E-state index is 13.0. The van der Waals surface area contributed by atoms with Crippen molar-refractivity contribution in [2.75, 3.05) is 26.2 Å². The molecular weight excluding hydrogens is 412 g/mol. The molecule has 4 rings (SSSR count). The number of fused-ring (bicyclic) bond motifs is 2. The summed E-state index contributed by atoms with van der Waals surface area (Å²) >= 11 is 6.85. The number of carboxylic acids is 1. The van der Waals surface area contributed by atoms with Crippen LogP contribution in [0.25, 0.3) is 0 Å². The van der Waals surface area contributed by atoms with Crippen LogP contribution >= 0.6 is 22.9 Å². The maximum absolute atomic E-state index is 13.0. The van der Waals surface area contributed by atoms with Gasteiger partial charge in [-0.1, -0.05) is 23.8 Å². The minimum absolute atomic E-state index is 0.0291. The predicted octanol–water partition coefficient (Wildman–Crippen LogP) is 1.76. The van der Waals surface area contributed by atoms with Crippen molar-refractivity contribution < 1.29 is 23.1 Å². The zero-order valence-corrected chi connectivity index (χ0v) is 16.7. The van der Waals surface area contributed by atoms with Gasteiger partial charge in [0.05, 0.1) is 16.2 Å². The van der Waals surface area contributed by atoms with E-state index in [9.17, 15) is 23.1 Å². The van der Waals surface area contributed by atoms with E-state index in [1.54, 1.807) is 11.0 Å². The van der Waals surface area contributed by atoms with E-state index in [2.05, 4.69) is 0 Å². The Morgan fingerprint density at radius 1 is 1.07 bits per heavy atom. The van der Waals surface area contributed by atoms with Gasteiger partial charge in [0, 0.05) is 26.2 Å². The summed E-state index contributed by atoms with van der Waals surface area (Å²) in [6.45, 7) is 0.915. The highest BCUT2D eigenvalue weighted by molar-refractivity contribution is 7.91. The van der Waals surface area contributed by atoms with Crippen LogP contribution in [0, 0.1) is 23.7 Å². The van der Waals surface area contributed by atoms with Crippen LogP contribution in [0.2, 0.25) is 4.34 Å². The van der Waals surface area contributed by atoms with Gasteiger partial charge in [-0.25, -0.2) is 8.42 Å². The number of allylic oxidation sites excluding steroid dienone is 2. The zero-order chi connectivity index (χ0) is 19.3. The monoisotopic (exact) mass is 430 g/mol. The van der Waals surface area contributed by atoms with Crippen molar-refractivity contribution in [3.63, 3.8) is 0 Å². The molecule has 2 heterocycles. The van der Waals surface area contributed by atoms with Gasteiger partial charge in [0.2, 0.25) is 5.91 Å². The fraction of sp³-hybridized carbons (Fsp3) is 0.529. The number of sulfonamides is 1. The molecule has 0 spiro atoms. The second-order valence-electron chi connectivity index (χ2n) is 7.13. The Morgan fingerprint density at radius 2 is 1.70 bits per heavy atom. The molecule has 0 aromatic carbocycles. The van der Waals surface area contributed by atoms with Crippen LogP contribution in [0.3, 0.4) is 0 Å². The summed E-state index contributed by atoms with van der Waals surface area (Å²) in [5.41, 5.74) is 0. The van der Waals surface area contributed by atoms with Crippen LogP contribution in [-0.4, -0.2) is 60.8 Å². The normalized spacial score (nSPS) is 30.8. The average molecular weight is 431 g/mol. The van der Waals surface area contributed by atoms with E-state index in [-0.39, 0.29) is 48.1 Å². The summed E-state index contributed by atoms with van der Waals surface area (Å²) in [6.07, 6.45) is 4.57. The fourth-order valence-corrected chi connectivity index (χ4v) is 7.48. The summed E-state index contributed by atoms with van der Waals surface area (Å²) < 4.78 is 27.3. The van der Waals surface area contributed by atoms with Crippen LogP contribution in [-0.2, 0) is 19.6 Å². The molecule has 4 atom stereocenters.